The van der Waals surface area contributed by atoms with Crippen LogP contribution >= 0.6 is 0 Å². The van der Waals surface area contributed by atoms with Crippen LogP contribution in [0.3, 0.4) is 0 Å². The van der Waals surface area contributed by atoms with Gasteiger partial charge in [-0.1, -0.05) is 42.5 Å². The molecule has 4 fully saturated rings. The molecule has 3 saturated heterocycles. The minimum atomic E-state index is -0.586. The van der Waals surface area contributed by atoms with Gasteiger partial charge in [-0.2, -0.15) is 0 Å². The van der Waals surface area contributed by atoms with E-state index in [9.17, 15) is 19.5 Å². The maximum absolute atomic E-state index is 13.2. The molecule has 6 aliphatic rings. The fraction of sp³-hybridized carbons (Fsp3) is 0.435. The Bertz CT molecular complexity index is 2170. The molecule has 11 nitrogen and oxygen atoms in total. The summed E-state index contributed by atoms with van der Waals surface area (Å²) in [5.74, 6) is 2.26. The third-order valence-electron chi connectivity index (χ3n) is 13.9. The van der Waals surface area contributed by atoms with E-state index < -0.39 is 6.04 Å². The number of aromatic nitrogens is 1. The van der Waals surface area contributed by atoms with Crippen molar-refractivity contribution >= 4 is 29.2 Å². The smallest absolute Gasteiger partial charge is 0.255 e. The molecule has 3 amide bonds. The second-order valence-electron chi connectivity index (χ2n) is 17.3. The number of fused-ring (bicyclic) bond motifs is 2. The number of pyridine rings is 1. The highest BCUT2D eigenvalue weighted by molar-refractivity contribution is 6.05. The number of hydrogen-bond acceptors (Lipinski definition) is 9. The second-order valence-corrected chi connectivity index (χ2v) is 17.3. The number of phenolic OH excluding ortho intramolecular Hbond substituents is 1. The summed E-state index contributed by atoms with van der Waals surface area (Å²) in [6.07, 6.45) is 7.77. The molecule has 1 spiro atoms. The van der Waals surface area contributed by atoms with Crippen molar-refractivity contribution in [2.75, 3.05) is 62.2 Å². The number of rotatable bonds is 7. The van der Waals surface area contributed by atoms with Gasteiger partial charge in [0.25, 0.3) is 5.91 Å². The number of piperazine rings is 1. The normalized spacial score (nSPS) is 24.8. The van der Waals surface area contributed by atoms with E-state index in [1.165, 1.54) is 43.4 Å². The Kier molecular flexibility index (Phi) is 9.15. The number of hydrogen-bond donors (Lipinski definition) is 2. The predicted octanol–water partition coefficient (Wildman–Crippen LogP) is 5.68. The van der Waals surface area contributed by atoms with Gasteiger partial charge in [-0.3, -0.25) is 24.6 Å². The highest BCUT2D eigenvalue weighted by Crippen LogP contribution is 2.53. The van der Waals surface area contributed by atoms with Gasteiger partial charge in [0.2, 0.25) is 11.8 Å². The predicted molar refractivity (Wildman–Crippen MR) is 217 cm³/mol. The Balaban J connectivity index is 0.706. The Morgan fingerprint density at radius 3 is 2.40 bits per heavy atom. The van der Waals surface area contributed by atoms with Crippen LogP contribution < -0.4 is 19.9 Å². The quantitative estimate of drug-likeness (QED) is 0.230. The Morgan fingerprint density at radius 1 is 0.842 bits per heavy atom. The lowest BCUT2D eigenvalue weighted by molar-refractivity contribution is -0.136. The van der Waals surface area contributed by atoms with E-state index >= 15 is 0 Å². The number of ether oxygens (including phenoxy) is 1. The number of nitrogens with one attached hydrogen (secondary N) is 1. The number of carbonyl (C=O) groups excluding carboxylic acids is 3. The number of piperidine rings is 2. The van der Waals surface area contributed by atoms with Crippen LogP contribution in [-0.2, 0) is 16.1 Å². The van der Waals surface area contributed by atoms with E-state index in [0.717, 1.165) is 73.6 Å². The third-order valence-corrected chi connectivity index (χ3v) is 13.9. The SMILES string of the molecule is O=C1CC[C@@H](N2Cc3cc(N4CCN(CC5CC6(CCN(c7ccc([C@H]8c9ccc(O)cc9OC[C@H]8c8ccccc8)cn7)CC6)C5)CC4)ccc3C2=O)C(=O)N1. The van der Waals surface area contributed by atoms with Crippen molar-refractivity contribution in [1.29, 1.82) is 0 Å². The van der Waals surface area contributed by atoms with Gasteiger partial charge in [0, 0.05) is 99.7 Å². The van der Waals surface area contributed by atoms with Crippen molar-refractivity contribution in [2.45, 2.75) is 62.9 Å². The molecule has 1 saturated carbocycles. The average Bonchev–Trinajstić information content (AvgIpc) is 3.55. The summed E-state index contributed by atoms with van der Waals surface area (Å²) >= 11 is 0. The number of imide groups is 1. The van der Waals surface area contributed by atoms with Gasteiger partial charge in [-0.15, -0.1) is 0 Å². The number of aromatic hydroxyl groups is 1. The molecule has 0 unspecified atom stereocenters. The van der Waals surface area contributed by atoms with E-state index in [0.29, 0.717) is 30.6 Å². The molecular formula is C46H50N6O5. The van der Waals surface area contributed by atoms with Crippen LogP contribution in [0, 0.1) is 11.3 Å². The van der Waals surface area contributed by atoms with E-state index in [2.05, 4.69) is 68.7 Å². The van der Waals surface area contributed by atoms with Gasteiger partial charge >= 0.3 is 0 Å². The molecule has 5 aliphatic heterocycles. The number of phenols is 1. The van der Waals surface area contributed by atoms with E-state index in [-0.39, 0.29) is 41.7 Å². The van der Waals surface area contributed by atoms with Crippen LogP contribution in [0.25, 0.3) is 0 Å². The van der Waals surface area contributed by atoms with E-state index in [1.54, 1.807) is 17.0 Å². The summed E-state index contributed by atoms with van der Waals surface area (Å²) < 4.78 is 6.17. The zero-order chi connectivity index (χ0) is 38.7. The molecule has 1 aromatic heterocycles. The maximum atomic E-state index is 13.2. The van der Waals surface area contributed by atoms with Crippen molar-refractivity contribution in [2.24, 2.45) is 11.3 Å². The van der Waals surface area contributed by atoms with Crippen molar-refractivity contribution in [3.05, 3.63) is 113 Å². The summed E-state index contributed by atoms with van der Waals surface area (Å²) in [5, 5.41) is 12.5. The molecule has 11 heteroatoms. The monoisotopic (exact) mass is 766 g/mol. The Morgan fingerprint density at radius 2 is 1.65 bits per heavy atom. The minimum Gasteiger partial charge on any atom is -0.508 e. The molecule has 3 aromatic carbocycles. The van der Waals surface area contributed by atoms with Gasteiger partial charge in [0.05, 0.1) is 6.61 Å². The molecule has 2 N–H and O–H groups in total. The summed E-state index contributed by atoms with van der Waals surface area (Å²) in [4.78, 5) is 51.4. The largest absolute Gasteiger partial charge is 0.508 e. The summed E-state index contributed by atoms with van der Waals surface area (Å²) in [5.41, 5.74) is 6.72. The van der Waals surface area contributed by atoms with Crippen LogP contribution in [0.15, 0.2) is 85.1 Å². The summed E-state index contributed by atoms with van der Waals surface area (Å²) in [6, 6.07) is 26.0. The van der Waals surface area contributed by atoms with Crippen LogP contribution in [-0.4, -0.2) is 96.1 Å². The fourth-order valence-electron chi connectivity index (χ4n) is 10.8. The molecule has 0 bridgehead atoms. The molecule has 294 valence electrons. The molecule has 0 radical (unpaired) electrons. The van der Waals surface area contributed by atoms with Crippen molar-refractivity contribution in [3.8, 4) is 11.5 Å². The average molecular weight is 767 g/mol. The van der Waals surface area contributed by atoms with Crippen LogP contribution in [0.1, 0.15) is 83.0 Å². The number of nitrogens with zero attached hydrogens (tertiary/aromatic N) is 5. The number of carbonyl (C=O) groups is 3. The van der Waals surface area contributed by atoms with Gasteiger partial charge in [0.1, 0.15) is 23.4 Å². The summed E-state index contributed by atoms with van der Waals surface area (Å²) in [6.45, 7) is 8.20. The number of anilines is 2. The van der Waals surface area contributed by atoms with Crippen LogP contribution in [0.4, 0.5) is 11.5 Å². The Labute approximate surface area is 333 Å². The second kappa shape index (κ2) is 14.5. The lowest BCUT2D eigenvalue weighted by Gasteiger charge is -2.54. The zero-order valence-electron chi connectivity index (χ0n) is 32.3. The van der Waals surface area contributed by atoms with Crippen molar-refractivity contribution < 1.29 is 24.2 Å². The first-order chi connectivity index (χ1) is 27.8. The van der Waals surface area contributed by atoms with Gasteiger partial charge < -0.3 is 24.5 Å². The first-order valence-electron chi connectivity index (χ1n) is 20.8. The number of amides is 3. The van der Waals surface area contributed by atoms with Gasteiger partial charge in [-0.25, -0.2) is 4.98 Å². The van der Waals surface area contributed by atoms with Gasteiger partial charge in [0.15, 0.2) is 0 Å². The van der Waals surface area contributed by atoms with Crippen LogP contribution in [0.2, 0.25) is 0 Å². The van der Waals surface area contributed by atoms with Crippen LogP contribution in [0.5, 0.6) is 11.5 Å². The molecular weight excluding hydrogens is 717 g/mol. The van der Waals surface area contributed by atoms with E-state index in [4.69, 9.17) is 9.72 Å². The highest BCUT2D eigenvalue weighted by atomic mass is 16.5. The molecule has 4 aromatic rings. The minimum absolute atomic E-state index is 0.0868. The zero-order valence-corrected chi connectivity index (χ0v) is 32.3. The topological polar surface area (TPSA) is 119 Å². The standard InChI is InChI=1S/C46H50N6O5/c53-35-8-10-37-40(23-35)57-29-38(31-4-2-1-3-5-31)43(37)32-6-12-41(47-26-32)51-16-14-46(15-17-51)24-30(25-46)27-49-18-20-50(21-19-49)34-7-9-36-33(22-34)28-52(45(36)56)39-11-13-42(54)48-44(39)55/h1-10,12,22-23,26,30,38-39,43,53H,11,13-21,24-25,27-29H2,(H,48,54,55)/t38-,39+,43-/m0/s1. The van der Waals surface area contributed by atoms with Gasteiger partial charge in [-0.05, 0) is 90.5 Å². The lowest BCUT2D eigenvalue weighted by atomic mass is 9.57. The van der Waals surface area contributed by atoms with E-state index in [1.807, 2.05) is 24.3 Å². The maximum Gasteiger partial charge on any atom is 0.255 e. The first kappa shape index (κ1) is 36.0. The number of benzene rings is 3. The first-order valence-corrected chi connectivity index (χ1v) is 20.8. The fourth-order valence-corrected chi connectivity index (χ4v) is 10.8. The Hall–Kier alpha value is -5.42. The third kappa shape index (κ3) is 6.79. The summed E-state index contributed by atoms with van der Waals surface area (Å²) in [7, 11) is 0. The molecule has 1 aliphatic carbocycles. The van der Waals surface area contributed by atoms with Crippen molar-refractivity contribution in [3.63, 3.8) is 0 Å². The molecule has 3 atom stereocenters. The highest BCUT2D eigenvalue weighted by Gasteiger charge is 2.46. The molecule has 6 heterocycles. The lowest BCUT2D eigenvalue weighted by Crippen LogP contribution is -2.53. The van der Waals surface area contributed by atoms with Crippen molar-refractivity contribution in [1.82, 2.24) is 20.1 Å². The molecule has 10 rings (SSSR count). The molecule has 57 heavy (non-hydrogen) atoms.